The fourth-order valence-corrected chi connectivity index (χ4v) is 4.00. The number of nitro benzene ring substituents is 1. The molecule has 0 spiro atoms. The van der Waals surface area contributed by atoms with Gasteiger partial charge >= 0.3 is 6.03 Å². The Morgan fingerprint density at radius 3 is 2.12 bits per heavy atom. The first-order chi connectivity index (χ1) is 15.4. The van der Waals surface area contributed by atoms with Crippen molar-refractivity contribution in [2.75, 3.05) is 0 Å². The predicted octanol–water partition coefficient (Wildman–Crippen LogP) is 5.49. The average molecular weight is 466 g/mol. The van der Waals surface area contributed by atoms with Crippen molar-refractivity contribution in [3.8, 4) is 0 Å². The fraction of sp³-hybridized carbons (Fsp3) is 0.0435. The average Bonchev–Trinajstić information content (AvgIpc) is 3.04. The van der Waals surface area contributed by atoms with Crippen LogP contribution in [-0.2, 0) is 11.3 Å². The Balaban J connectivity index is 1.43. The second-order valence-corrected chi connectivity index (χ2v) is 8.51. The van der Waals surface area contributed by atoms with Crippen molar-refractivity contribution >= 4 is 47.1 Å². The van der Waals surface area contributed by atoms with Crippen molar-refractivity contribution in [3.63, 3.8) is 0 Å². The maximum atomic E-state index is 12.7. The first-order valence-corrected chi connectivity index (χ1v) is 10.7. The van der Waals surface area contributed by atoms with Crippen LogP contribution in [0.1, 0.15) is 11.1 Å². The molecule has 32 heavy (non-hydrogen) atoms. The number of non-ortho nitro benzene ring substituents is 1. The lowest BCUT2D eigenvalue weighted by Crippen LogP contribution is -2.30. The van der Waals surface area contributed by atoms with Gasteiger partial charge in [-0.1, -0.05) is 47.6 Å². The van der Waals surface area contributed by atoms with Crippen LogP contribution in [0.15, 0.2) is 88.3 Å². The number of carbonyl (C=O) groups excluding carboxylic acids is 2. The van der Waals surface area contributed by atoms with Gasteiger partial charge in [-0.25, -0.2) is 4.79 Å². The van der Waals surface area contributed by atoms with Gasteiger partial charge in [0, 0.05) is 26.9 Å². The molecule has 1 fully saturated rings. The zero-order valence-electron chi connectivity index (χ0n) is 16.5. The lowest BCUT2D eigenvalue weighted by Gasteiger charge is -2.11. The predicted molar refractivity (Wildman–Crippen MR) is 122 cm³/mol. The van der Waals surface area contributed by atoms with Crippen molar-refractivity contribution in [3.05, 3.63) is 105 Å². The molecule has 0 aliphatic carbocycles. The van der Waals surface area contributed by atoms with Crippen molar-refractivity contribution in [1.29, 1.82) is 0 Å². The van der Waals surface area contributed by atoms with Gasteiger partial charge in [-0.3, -0.25) is 19.8 Å². The number of hydrogen-bond donors (Lipinski definition) is 1. The Bertz CT molecular complexity index is 1210. The first-order valence-electron chi connectivity index (χ1n) is 9.50. The van der Waals surface area contributed by atoms with E-state index in [0.717, 1.165) is 20.3 Å². The zero-order chi connectivity index (χ0) is 22.7. The molecule has 3 aromatic rings. The molecule has 1 heterocycles. The number of nitro groups is 1. The summed E-state index contributed by atoms with van der Waals surface area (Å²) in [6, 6.07) is 20.3. The van der Waals surface area contributed by atoms with E-state index in [4.69, 9.17) is 11.6 Å². The molecule has 3 aromatic carbocycles. The van der Waals surface area contributed by atoms with Gasteiger partial charge in [0.15, 0.2) is 0 Å². The van der Waals surface area contributed by atoms with Gasteiger partial charge in [-0.05, 0) is 53.6 Å². The van der Waals surface area contributed by atoms with Gasteiger partial charge in [0.05, 0.1) is 11.5 Å². The fourth-order valence-electron chi connectivity index (χ4n) is 3.06. The first kappa shape index (κ1) is 21.6. The second-order valence-electron chi connectivity index (χ2n) is 6.93. The Kier molecular flexibility index (Phi) is 6.25. The molecule has 3 amide bonds. The minimum absolute atomic E-state index is 0.0245. The Labute approximate surface area is 192 Å². The van der Waals surface area contributed by atoms with Crippen LogP contribution < -0.4 is 5.32 Å². The molecule has 1 aliphatic rings. The number of carbonyl (C=O) groups is 2. The minimum Gasteiger partial charge on any atom is -0.303 e. The Morgan fingerprint density at radius 2 is 1.53 bits per heavy atom. The monoisotopic (exact) mass is 465 g/mol. The number of nitrogens with one attached hydrogen (secondary N) is 1. The minimum atomic E-state index is -0.533. The molecular weight excluding hydrogens is 450 g/mol. The number of rotatable bonds is 6. The standard InChI is InChI=1S/C23H16ClN3O4S/c24-17-5-11-20(12-6-17)32-19-9-3-15(4-10-19)13-21-22(28)26(23(29)25-21)14-16-1-7-18(8-2-16)27(30)31/h1-13H,14H2,(H,25,29)/b21-13-. The summed E-state index contributed by atoms with van der Waals surface area (Å²) in [6.45, 7) is 0.0245. The topological polar surface area (TPSA) is 92.6 Å². The van der Waals surface area contributed by atoms with Gasteiger partial charge in [-0.15, -0.1) is 0 Å². The van der Waals surface area contributed by atoms with Crippen LogP contribution in [0, 0.1) is 10.1 Å². The SMILES string of the molecule is O=C1N/C(=C\c2ccc(Sc3ccc(Cl)cc3)cc2)C(=O)N1Cc1ccc([N+](=O)[O-])cc1. The number of hydrogen-bond acceptors (Lipinski definition) is 5. The van der Waals surface area contributed by atoms with Crippen LogP contribution in [-0.4, -0.2) is 21.8 Å². The highest BCUT2D eigenvalue weighted by atomic mass is 35.5. The van der Waals surface area contributed by atoms with E-state index < -0.39 is 16.9 Å². The van der Waals surface area contributed by atoms with E-state index in [-0.39, 0.29) is 17.9 Å². The lowest BCUT2D eigenvalue weighted by atomic mass is 10.2. The molecule has 0 radical (unpaired) electrons. The van der Waals surface area contributed by atoms with E-state index in [0.29, 0.717) is 10.6 Å². The molecular formula is C23H16ClN3O4S. The molecule has 7 nitrogen and oxygen atoms in total. The molecule has 1 N–H and O–H groups in total. The van der Waals surface area contributed by atoms with Gasteiger partial charge in [0.2, 0.25) is 0 Å². The van der Waals surface area contributed by atoms with Crippen LogP contribution in [0.4, 0.5) is 10.5 Å². The van der Waals surface area contributed by atoms with E-state index in [2.05, 4.69) is 5.32 Å². The van der Waals surface area contributed by atoms with E-state index in [9.17, 15) is 19.7 Å². The van der Waals surface area contributed by atoms with E-state index in [1.54, 1.807) is 17.8 Å². The van der Waals surface area contributed by atoms with Crippen LogP contribution in [0.2, 0.25) is 5.02 Å². The highest BCUT2D eigenvalue weighted by Gasteiger charge is 2.33. The summed E-state index contributed by atoms with van der Waals surface area (Å²) in [4.78, 5) is 38.4. The summed E-state index contributed by atoms with van der Waals surface area (Å²) < 4.78 is 0. The number of nitrogens with zero attached hydrogens (tertiary/aromatic N) is 2. The van der Waals surface area contributed by atoms with Crippen LogP contribution >= 0.6 is 23.4 Å². The van der Waals surface area contributed by atoms with E-state index >= 15 is 0 Å². The van der Waals surface area contributed by atoms with Crippen LogP contribution in [0.5, 0.6) is 0 Å². The molecule has 0 unspecified atom stereocenters. The molecule has 1 saturated heterocycles. The van der Waals surface area contributed by atoms with Gasteiger partial charge in [0.1, 0.15) is 5.70 Å². The summed E-state index contributed by atoms with van der Waals surface area (Å²) in [5.74, 6) is -0.451. The summed E-state index contributed by atoms with van der Waals surface area (Å²) >= 11 is 7.50. The van der Waals surface area contributed by atoms with Crippen molar-refractivity contribution in [2.45, 2.75) is 16.3 Å². The molecule has 160 valence electrons. The Hall–Kier alpha value is -3.62. The summed E-state index contributed by atoms with van der Waals surface area (Å²) in [5.41, 5.74) is 1.51. The quantitative estimate of drug-likeness (QED) is 0.225. The highest BCUT2D eigenvalue weighted by Crippen LogP contribution is 2.29. The van der Waals surface area contributed by atoms with Crippen LogP contribution in [0.25, 0.3) is 6.08 Å². The van der Waals surface area contributed by atoms with Crippen molar-refractivity contribution in [2.24, 2.45) is 0 Å². The zero-order valence-corrected chi connectivity index (χ0v) is 18.1. The molecule has 0 aromatic heterocycles. The molecule has 0 bridgehead atoms. The summed E-state index contributed by atoms with van der Waals surface area (Å²) in [5, 5.41) is 14.0. The molecule has 0 atom stereocenters. The number of amides is 3. The summed E-state index contributed by atoms with van der Waals surface area (Å²) in [7, 11) is 0. The van der Waals surface area contributed by atoms with Crippen LogP contribution in [0.3, 0.4) is 0 Å². The number of imide groups is 1. The highest BCUT2D eigenvalue weighted by molar-refractivity contribution is 7.99. The number of urea groups is 1. The molecule has 0 saturated carbocycles. The third-order valence-corrected chi connectivity index (χ3v) is 5.96. The van der Waals surface area contributed by atoms with E-state index in [1.807, 2.05) is 48.5 Å². The molecule has 9 heteroatoms. The Morgan fingerprint density at radius 1 is 0.938 bits per heavy atom. The van der Waals surface area contributed by atoms with Gasteiger partial charge < -0.3 is 5.32 Å². The molecule has 1 aliphatic heterocycles. The van der Waals surface area contributed by atoms with Crippen molar-refractivity contribution in [1.82, 2.24) is 10.2 Å². The maximum absolute atomic E-state index is 12.7. The lowest BCUT2D eigenvalue weighted by molar-refractivity contribution is -0.384. The maximum Gasteiger partial charge on any atom is 0.329 e. The van der Waals surface area contributed by atoms with Gasteiger partial charge in [-0.2, -0.15) is 0 Å². The number of benzene rings is 3. The third-order valence-electron chi connectivity index (χ3n) is 4.69. The van der Waals surface area contributed by atoms with E-state index in [1.165, 1.54) is 24.3 Å². The second kappa shape index (κ2) is 9.25. The van der Waals surface area contributed by atoms with Crippen molar-refractivity contribution < 1.29 is 14.5 Å². The molecule has 4 rings (SSSR count). The third kappa shape index (κ3) is 4.99. The largest absolute Gasteiger partial charge is 0.329 e. The van der Waals surface area contributed by atoms with Gasteiger partial charge in [0.25, 0.3) is 11.6 Å². The normalized spacial score (nSPS) is 14.7. The smallest absolute Gasteiger partial charge is 0.303 e. The summed E-state index contributed by atoms with van der Waals surface area (Å²) in [6.07, 6.45) is 1.62. The number of halogens is 1.